The van der Waals surface area contributed by atoms with E-state index in [9.17, 15) is 4.39 Å². The third-order valence-electron chi connectivity index (χ3n) is 3.33. The smallest absolute Gasteiger partial charge is 0.137 e. The van der Waals surface area contributed by atoms with Gasteiger partial charge in [-0.3, -0.25) is 4.90 Å². The van der Waals surface area contributed by atoms with Crippen LogP contribution in [0.4, 0.5) is 4.39 Å². The summed E-state index contributed by atoms with van der Waals surface area (Å²) in [5, 5.41) is 0. The number of nitrogens with zero attached hydrogens (tertiary/aromatic N) is 1. The molecule has 1 unspecified atom stereocenters. The van der Waals surface area contributed by atoms with Crippen molar-refractivity contribution in [2.24, 2.45) is 0 Å². The fourth-order valence-corrected chi connectivity index (χ4v) is 2.27. The number of morpholine rings is 1. The summed E-state index contributed by atoms with van der Waals surface area (Å²) in [6, 6.07) is 4.31. The lowest BCUT2D eigenvalue weighted by atomic mass is 10.2. The van der Waals surface area contributed by atoms with Gasteiger partial charge in [-0.1, -0.05) is 18.8 Å². The molecule has 0 spiro atoms. The monoisotopic (exact) mass is 311 g/mol. The fourth-order valence-electron chi connectivity index (χ4n) is 2.20. The summed E-state index contributed by atoms with van der Waals surface area (Å²) in [6.07, 6.45) is -0.00389. The quantitative estimate of drug-likeness (QED) is 0.630. The summed E-state index contributed by atoms with van der Waals surface area (Å²) in [7, 11) is 0. The van der Waals surface area contributed by atoms with Crippen molar-refractivity contribution in [3.8, 4) is 17.6 Å². The number of hydrogen-bond acceptors (Lipinski definition) is 3. The van der Waals surface area contributed by atoms with E-state index in [4.69, 9.17) is 21.1 Å². The molecular weight excluding hydrogens is 293 g/mol. The van der Waals surface area contributed by atoms with Crippen LogP contribution in [0, 0.1) is 17.7 Å². The van der Waals surface area contributed by atoms with E-state index >= 15 is 0 Å². The number of rotatable bonds is 4. The summed E-state index contributed by atoms with van der Waals surface area (Å²) in [4.78, 5) is 2.30. The molecule has 0 amide bonds. The van der Waals surface area contributed by atoms with E-state index in [-0.39, 0.29) is 17.8 Å². The summed E-state index contributed by atoms with van der Waals surface area (Å²) >= 11 is 5.55. The molecule has 0 aliphatic carbocycles. The van der Waals surface area contributed by atoms with Gasteiger partial charge in [0.15, 0.2) is 0 Å². The lowest BCUT2D eigenvalue weighted by Gasteiger charge is -2.31. The highest BCUT2D eigenvalue weighted by Crippen LogP contribution is 2.20. The van der Waals surface area contributed by atoms with Gasteiger partial charge in [0.2, 0.25) is 0 Å². The van der Waals surface area contributed by atoms with Crippen molar-refractivity contribution in [2.45, 2.75) is 13.0 Å². The van der Waals surface area contributed by atoms with Crippen molar-refractivity contribution in [1.82, 2.24) is 4.90 Å². The van der Waals surface area contributed by atoms with E-state index in [0.29, 0.717) is 24.5 Å². The molecule has 1 aliphatic rings. The average molecular weight is 312 g/mol. The van der Waals surface area contributed by atoms with Crippen LogP contribution < -0.4 is 4.74 Å². The Hall–Kier alpha value is -1.28. The minimum atomic E-state index is -0.346. The second-order valence-corrected chi connectivity index (χ2v) is 5.04. The van der Waals surface area contributed by atoms with Crippen molar-refractivity contribution >= 4 is 11.6 Å². The SMILES string of the molecule is CCN1CCOC(COc2cc(F)ccc2C#CCCl)C1. The van der Waals surface area contributed by atoms with Crippen molar-refractivity contribution in [2.75, 3.05) is 38.7 Å². The maximum absolute atomic E-state index is 13.4. The number of halogens is 2. The van der Waals surface area contributed by atoms with Crippen LogP contribution in [0.25, 0.3) is 0 Å². The van der Waals surface area contributed by atoms with Gasteiger partial charge in [0.25, 0.3) is 0 Å². The largest absolute Gasteiger partial charge is 0.489 e. The van der Waals surface area contributed by atoms with Gasteiger partial charge in [-0.25, -0.2) is 4.39 Å². The molecule has 21 heavy (non-hydrogen) atoms. The zero-order chi connectivity index (χ0) is 15.1. The normalized spacial score (nSPS) is 18.9. The van der Waals surface area contributed by atoms with E-state index in [1.807, 2.05) is 0 Å². The molecule has 0 bridgehead atoms. The maximum atomic E-state index is 13.4. The summed E-state index contributed by atoms with van der Waals surface area (Å²) in [5.74, 6) is 5.94. The number of hydrogen-bond donors (Lipinski definition) is 0. The Kier molecular flexibility index (Phi) is 6.31. The lowest BCUT2D eigenvalue weighted by molar-refractivity contribution is -0.0464. The van der Waals surface area contributed by atoms with Crippen molar-refractivity contribution in [1.29, 1.82) is 0 Å². The lowest BCUT2D eigenvalue weighted by Crippen LogP contribution is -2.44. The van der Waals surface area contributed by atoms with Crippen molar-refractivity contribution in [3.05, 3.63) is 29.6 Å². The maximum Gasteiger partial charge on any atom is 0.137 e. The zero-order valence-corrected chi connectivity index (χ0v) is 12.8. The summed E-state index contributed by atoms with van der Waals surface area (Å²) in [5.41, 5.74) is 0.639. The Morgan fingerprint density at radius 3 is 3.14 bits per heavy atom. The van der Waals surface area contributed by atoms with Gasteiger partial charge < -0.3 is 9.47 Å². The molecule has 1 fully saturated rings. The first kappa shape index (κ1) is 16.1. The Balaban J connectivity index is 2.00. The predicted octanol–water partition coefficient (Wildman–Crippen LogP) is 2.52. The Morgan fingerprint density at radius 2 is 2.38 bits per heavy atom. The topological polar surface area (TPSA) is 21.7 Å². The van der Waals surface area contributed by atoms with E-state index in [1.165, 1.54) is 12.1 Å². The number of benzene rings is 1. The molecule has 114 valence electrons. The highest BCUT2D eigenvalue weighted by molar-refractivity contribution is 6.19. The molecule has 1 aromatic carbocycles. The zero-order valence-electron chi connectivity index (χ0n) is 12.1. The van der Waals surface area contributed by atoms with Crippen LogP contribution in [-0.4, -0.2) is 49.7 Å². The van der Waals surface area contributed by atoms with Crippen LogP contribution in [0.1, 0.15) is 12.5 Å². The average Bonchev–Trinajstić information content (AvgIpc) is 2.52. The summed E-state index contributed by atoms with van der Waals surface area (Å²) in [6.45, 7) is 5.97. The second-order valence-electron chi connectivity index (χ2n) is 4.77. The van der Waals surface area contributed by atoms with Crippen LogP contribution in [0.5, 0.6) is 5.75 Å². The number of alkyl halides is 1. The number of likely N-dealkylation sites (N-methyl/N-ethyl adjacent to an activating group) is 1. The van der Waals surface area contributed by atoms with Crippen LogP contribution in [-0.2, 0) is 4.74 Å². The highest BCUT2D eigenvalue weighted by Gasteiger charge is 2.20. The van der Waals surface area contributed by atoms with E-state index in [2.05, 4.69) is 23.7 Å². The van der Waals surface area contributed by atoms with Crippen molar-refractivity contribution < 1.29 is 13.9 Å². The van der Waals surface area contributed by atoms with E-state index in [0.717, 1.165) is 19.6 Å². The van der Waals surface area contributed by atoms with E-state index in [1.54, 1.807) is 6.07 Å². The van der Waals surface area contributed by atoms with Crippen LogP contribution in [0.15, 0.2) is 18.2 Å². The molecule has 0 N–H and O–H groups in total. The van der Waals surface area contributed by atoms with Crippen LogP contribution in [0.3, 0.4) is 0 Å². The van der Waals surface area contributed by atoms with Gasteiger partial charge in [-0.05, 0) is 18.7 Å². The van der Waals surface area contributed by atoms with Gasteiger partial charge in [0, 0.05) is 19.2 Å². The Labute approximate surface area is 130 Å². The third-order valence-corrected chi connectivity index (χ3v) is 3.46. The molecule has 1 atom stereocenters. The molecule has 0 aromatic heterocycles. The predicted molar refractivity (Wildman–Crippen MR) is 81.3 cm³/mol. The molecule has 1 aromatic rings. The van der Waals surface area contributed by atoms with Gasteiger partial charge in [0.1, 0.15) is 24.3 Å². The number of ether oxygens (including phenoxy) is 2. The molecule has 5 heteroatoms. The minimum absolute atomic E-state index is 0.00389. The Bertz CT molecular complexity index is 527. The first-order valence-corrected chi connectivity index (χ1v) is 7.57. The molecular formula is C16H19ClFNO2. The molecule has 1 heterocycles. The molecule has 3 nitrogen and oxygen atoms in total. The molecule has 1 aliphatic heterocycles. The van der Waals surface area contributed by atoms with Gasteiger partial charge in [0.05, 0.1) is 18.1 Å². The van der Waals surface area contributed by atoms with Gasteiger partial charge >= 0.3 is 0 Å². The summed E-state index contributed by atoms with van der Waals surface area (Å²) < 4.78 is 24.7. The highest BCUT2D eigenvalue weighted by atomic mass is 35.5. The molecule has 0 saturated carbocycles. The molecule has 2 rings (SSSR count). The van der Waals surface area contributed by atoms with E-state index < -0.39 is 0 Å². The Morgan fingerprint density at radius 1 is 1.52 bits per heavy atom. The van der Waals surface area contributed by atoms with Crippen LogP contribution in [0.2, 0.25) is 0 Å². The standard InChI is InChI=1S/C16H19ClFNO2/c1-2-19-8-9-20-15(11-19)12-21-16-10-14(18)6-5-13(16)4-3-7-17/h5-6,10,15H,2,7-9,11-12H2,1H3. The molecule has 0 radical (unpaired) electrons. The minimum Gasteiger partial charge on any atom is -0.489 e. The third kappa shape index (κ3) is 4.89. The second kappa shape index (κ2) is 8.23. The van der Waals surface area contributed by atoms with Gasteiger partial charge in [-0.15, -0.1) is 11.6 Å². The fraction of sp³-hybridized carbons (Fsp3) is 0.500. The molecule has 1 saturated heterocycles. The van der Waals surface area contributed by atoms with Gasteiger partial charge in [-0.2, -0.15) is 0 Å². The first-order chi connectivity index (χ1) is 10.2. The first-order valence-electron chi connectivity index (χ1n) is 7.04. The van der Waals surface area contributed by atoms with Crippen LogP contribution >= 0.6 is 11.6 Å². The van der Waals surface area contributed by atoms with Crippen molar-refractivity contribution in [3.63, 3.8) is 0 Å².